The Morgan fingerprint density at radius 2 is 1.89 bits per heavy atom. The second-order valence-electron chi connectivity index (χ2n) is 3.87. The van der Waals surface area contributed by atoms with Crippen LogP contribution in [-0.2, 0) is 5.88 Å². The van der Waals surface area contributed by atoms with Crippen LogP contribution in [-0.4, -0.2) is 15.0 Å². The van der Waals surface area contributed by atoms with Crippen molar-refractivity contribution in [1.82, 2.24) is 15.0 Å². The van der Waals surface area contributed by atoms with E-state index in [1.807, 2.05) is 42.5 Å². The van der Waals surface area contributed by atoms with Gasteiger partial charge in [-0.2, -0.15) is 0 Å². The third kappa shape index (κ3) is 1.76. The summed E-state index contributed by atoms with van der Waals surface area (Å²) >= 11 is 12.2. The van der Waals surface area contributed by atoms with Crippen LogP contribution in [0.5, 0.6) is 0 Å². The largest absolute Gasteiger partial charge is 0.211 e. The van der Waals surface area contributed by atoms with Crippen LogP contribution in [0.4, 0.5) is 0 Å². The predicted molar refractivity (Wildman–Crippen MR) is 73.4 cm³/mol. The fraction of sp³-hybridized carbons (Fsp3) is 0.0769. The molecule has 0 bridgehead atoms. The monoisotopic (exact) mass is 277 g/mol. The van der Waals surface area contributed by atoms with Crippen molar-refractivity contribution >= 4 is 34.2 Å². The molecule has 0 fully saturated rings. The average molecular weight is 278 g/mol. The Balaban J connectivity index is 2.33. The molecule has 0 unspecified atom stereocenters. The molecule has 0 atom stereocenters. The lowest BCUT2D eigenvalue weighted by molar-refractivity contribution is 0.818. The first kappa shape index (κ1) is 11.5. The van der Waals surface area contributed by atoms with E-state index in [4.69, 9.17) is 23.2 Å². The molecule has 3 rings (SSSR count). The van der Waals surface area contributed by atoms with E-state index < -0.39 is 0 Å². The van der Waals surface area contributed by atoms with Gasteiger partial charge in [-0.1, -0.05) is 41.1 Å². The number of nitrogens with zero attached hydrogens (tertiary/aromatic N) is 3. The molecule has 0 saturated heterocycles. The molecule has 0 amide bonds. The van der Waals surface area contributed by atoms with E-state index in [9.17, 15) is 0 Å². The first-order chi connectivity index (χ1) is 8.81. The van der Waals surface area contributed by atoms with Crippen LogP contribution < -0.4 is 0 Å². The van der Waals surface area contributed by atoms with Crippen molar-refractivity contribution in [2.75, 3.05) is 0 Å². The third-order valence-electron chi connectivity index (χ3n) is 2.78. The summed E-state index contributed by atoms with van der Waals surface area (Å²) in [5.74, 6) is 0.379. The lowest BCUT2D eigenvalue weighted by atomic mass is 10.2. The molecular weight excluding hydrogens is 269 g/mol. The van der Waals surface area contributed by atoms with Gasteiger partial charge in [0.15, 0.2) is 0 Å². The summed E-state index contributed by atoms with van der Waals surface area (Å²) in [4.78, 5) is 0. The maximum Gasteiger partial charge on any atom is 0.113 e. The van der Waals surface area contributed by atoms with Crippen molar-refractivity contribution in [2.45, 2.75) is 5.88 Å². The quantitative estimate of drug-likeness (QED) is 0.667. The number of alkyl halides is 1. The van der Waals surface area contributed by atoms with Crippen LogP contribution in [0.2, 0.25) is 5.02 Å². The summed E-state index contributed by atoms with van der Waals surface area (Å²) in [5.41, 5.74) is 3.47. The topological polar surface area (TPSA) is 30.7 Å². The number of hydrogen-bond acceptors (Lipinski definition) is 2. The van der Waals surface area contributed by atoms with E-state index in [0.717, 1.165) is 22.3 Å². The van der Waals surface area contributed by atoms with Crippen molar-refractivity contribution in [3.63, 3.8) is 0 Å². The minimum absolute atomic E-state index is 0.379. The van der Waals surface area contributed by atoms with Crippen LogP contribution in [0.1, 0.15) is 5.56 Å². The van der Waals surface area contributed by atoms with E-state index in [2.05, 4.69) is 10.3 Å². The smallest absolute Gasteiger partial charge is 0.113 e. The predicted octanol–water partition coefficient (Wildman–Crippen LogP) is 3.81. The summed E-state index contributed by atoms with van der Waals surface area (Å²) in [6.07, 6.45) is 0. The molecule has 0 spiro atoms. The summed E-state index contributed by atoms with van der Waals surface area (Å²) in [5, 5.41) is 8.90. The first-order valence-corrected chi connectivity index (χ1v) is 6.36. The van der Waals surface area contributed by atoms with Gasteiger partial charge in [-0.15, -0.1) is 16.7 Å². The Hall–Kier alpha value is -1.58. The molecule has 0 aliphatic rings. The number of hydrogen-bond donors (Lipinski definition) is 0. The van der Waals surface area contributed by atoms with Crippen LogP contribution in [0.25, 0.3) is 16.7 Å². The molecule has 90 valence electrons. The molecule has 2 aromatic carbocycles. The minimum atomic E-state index is 0.379. The number of halogens is 2. The molecule has 0 radical (unpaired) electrons. The highest BCUT2D eigenvalue weighted by Crippen LogP contribution is 2.27. The van der Waals surface area contributed by atoms with E-state index >= 15 is 0 Å². The van der Waals surface area contributed by atoms with E-state index in [0.29, 0.717) is 10.9 Å². The molecule has 18 heavy (non-hydrogen) atoms. The van der Waals surface area contributed by atoms with Crippen molar-refractivity contribution < 1.29 is 0 Å². The first-order valence-electron chi connectivity index (χ1n) is 5.45. The number of benzene rings is 2. The highest BCUT2D eigenvalue weighted by Gasteiger charge is 2.12. The van der Waals surface area contributed by atoms with E-state index in [1.54, 1.807) is 4.68 Å². The van der Waals surface area contributed by atoms with Gasteiger partial charge in [-0.25, -0.2) is 4.68 Å². The van der Waals surface area contributed by atoms with Crippen LogP contribution in [0.15, 0.2) is 42.5 Å². The highest BCUT2D eigenvalue weighted by atomic mass is 35.5. The van der Waals surface area contributed by atoms with Crippen molar-refractivity contribution in [3.05, 3.63) is 53.1 Å². The molecule has 3 nitrogen and oxygen atoms in total. The Bertz CT molecular complexity index is 706. The van der Waals surface area contributed by atoms with Crippen molar-refractivity contribution in [1.29, 1.82) is 0 Å². The normalized spacial score (nSPS) is 11.0. The van der Waals surface area contributed by atoms with E-state index in [-0.39, 0.29) is 0 Å². The van der Waals surface area contributed by atoms with Gasteiger partial charge in [-0.05, 0) is 23.8 Å². The van der Waals surface area contributed by atoms with Crippen LogP contribution >= 0.6 is 23.2 Å². The van der Waals surface area contributed by atoms with Gasteiger partial charge in [-0.3, -0.25) is 0 Å². The van der Waals surface area contributed by atoms with Gasteiger partial charge in [0.25, 0.3) is 0 Å². The maximum absolute atomic E-state index is 6.25. The zero-order valence-corrected chi connectivity index (χ0v) is 10.9. The third-order valence-corrected chi connectivity index (χ3v) is 3.37. The molecule has 3 aromatic rings. The molecule has 0 aliphatic carbocycles. The van der Waals surface area contributed by atoms with E-state index in [1.165, 1.54) is 0 Å². The van der Waals surface area contributed by atoms with Gasteiger partial charge in [0.05, 0.1) is 16.2 Å². The van der Waals surface area contributed by atoms with Gasteiger partial charge >= 0.3 is 0 Å². The maximum atomic E-state index is 6.25. The number of rotatable bonds is 2. The Kier molecular flexibility index (Phi) is 2.94. The van der Waals surface area contributed by atoms with Crippen LogP contribution in [0.3, 0.4) is 0 Å². The summed E-state index contributed by atoms with van der Waals surface area (Å²) in [6.45, 7) is 0. The van der Waals surface area contributed by atoms with Crippen LogP contribution in [0, 0.1) is 0 Å². The Morgan fingerprint density at radius 3 is 2.72 bits per heavy atom. The summed E-state index contributed by atoms with van der Waals surface area (Å²) in [7, 11) is 0. The second-order valence-corrected chi connectivity index (χ2v) is 4.55. The fourth-order valence-corrected chi connectivity index (χ4v) is 2.43. The summed E-state index contributed by atoms with van der Waals surface area (Å²) < 4.78 is 1.73. The Morgan fingerprint density at radius 1 is 1.06 bits per heavy atom. The molecule has 1 aromatic heterocycles. The second kappa shape index (κ2) is 4.59. The molecule has 5 heteroatoms. The van der Waals surface area contributed by atoms with Gasteiger partial charge in [0.2, 0.25) is 0 Å². The lowest BCUT2D eigenvalue weighted by Gasteiger charge is -2.09. The number of fused-ring (bicyclic) bond motifs is 1. The molecular formula is C13H9Cl2N3. The van der Waals surface area contributed by atoms with Crippen molar-refractivity contribution in [2.24, 2.45) is 0 Å². The molecule has 0 saturated carbocycles. The number of aromatic nitrogens is 3. The zero-order valence-electron chi connectivity index (χ0n) is 9.35. The van der Waals surface area contributed by atoms with Crippen molar-refractivity contribution in [3.8, 4) is 5.69 Å². The summed E-state index contributed by atoms with van der Waals surface area (Å²) in [6, 6.07) is 13.4. The molecule has 1 heterocycles. The number of para-hydroxylation sites is 2. The fourth-order valence-electron chi connectivity index (χ4n) is 1.94. The average Bonchev–Trinajstić information content (AvgIpc) is 2.82. The minimum Gasteiger partial charge on any atom is -0.211 e. The zero-order chi connectivity index (χ0) is 12.5. The standard InChI is InChI=1S/C13H9Cl2N3/c14-8-9-4-3-5-10(15)13(9)18-12-7-2-1-6-11(12)16-17-18/h1-7H,8H2. The highest BCUT2D eigenvalue weighted by molar-refractivity contribution is 6.32. The molecule has 0 aliphatic heterocycles. The SMILES string of the molecule is ClCc1cccc(Cl)c1-n1nnc2ccccc21. The lowest BCUT2D eigenvalue weighted by Crippen LogP contribution is -2.01. The van der Waals surface area contributed by atoms with Gasteiger partial charge in [0.1, 0.15) is 5.52 Å². The van der Waals surface area contributed by atoms with Gasteiger partial charge < -0.3 is 0 Å². The van der Waals surface area contributed by atoms with Gasteiger partial charge in [0, 0.05) is 5.88 Å². The Labute approximate surface area is 114 Å². The molecule has 0 N–H and O–H groups in total.